The fourth-order valence-corrected chi connectivity index (χ4v) is 3.46. The number of alkyl halides is 3. The van der Waals surface area contributed by atoms with E-state index in [0.717, 1.165) is 28.8 Å². The Balaban J connectivity index is 1.62. The molecule has 8 heteroatoms. The van der Waals surface area contributed by atoms with Gasteiger partial charge in [-0.15, -0.1) is 13.2 Å². The number of aryl methyl sites for hydroxylation is 1. The van der Waals surface area contributed by atoms with Gasteiger partial charge in [-0.3, -0.25) is 4.79 Å². The standard InChI is InChI=1S/C21H23F3N2O3/c1-28-14-17-6-3-2-5-16(17)12-25-20(27)13-26-10-4-7-15-11-18(8-9-19(15)26)29-21(22,23)24/h2-3,5-6,8-9,11H,4,7,10,12-14H2,1H3,(H,25,27). The zero-order valence-electron chi connectivity index (χ0n) is 16.1. The van der Waals surface area contributed by atoms with E-state index in [0.29, 0.717) is 26.1 Å². The number of benzene rings is 2. The topological polar surface area (TPSA) is 50.8 Å². The van der Waals surface area contributed by atoms with E-state index in [9.17, 15) is 18.0 Å². The van der Waals surface area contributed by atoms with Gasteiger partial charge < -0.3 is 19.7 Å². The Labute approximate surface area is 167 Å². The van der Waals surface area contributed by atoms with Crippen molar-refractivity contribution in [1.29, 1.82) is 0 Å². The molecular formula is C21H23F3N2O3. The lowest BCUT2D eigenvalue weighted by Crippen LogP contribution is -2.39. The van der Waals surface area contributed by atoms with Crippen LogP contribution in [0.5, 0.6) is 5.75 Å². The number of amides is 1. The van der Waals surface area contributed by atoms with Crippen LogP contribution in [0.15, 0.2) is 42.5 Å². The normalized spacial score (nSPS) is 13.7. The Morgan fingerprint density at radius 3 is 2.66 bits per heavy atom. The molecule has 1 aliphatic rings. The number of methoxy groups -OCH3 is 1. The molecule has 2 aromatic rings. The molecule has 0 aliphatic carbocycles. The van der Waals surface area contributed by atoms with Gasteiger partial charge in [-0.25, -0.2) is 0 Å². The zero-order valence-corrected chi connectivity index (χ0v) is 16.1. The first kappa shape index (κ1) is 21.0. The van der Waals surface area contributed by atoms with Crippen LogP contribution >= 0.6 is 0 Å². The number of fused-ring (bicyclic) bond motifs is 1. The van der Waals surface area contributed by atoms with E-state index in [4.69, 9.17) is 4.74 Å². The van der Waals surface area contributed by atoms with Gasteiger partial charge in [0.25, 0.3) is 0 Å². The molecule has 0 fully saturated rings. The van der Waals surface area contributed by atoms with Crippen molar-refractivity contribution < 1.29 is 27.4 Å². The van der Waals surface area contributed by atoms with E-state index < -0.39 is 6.36 Å². The third-order valence-electron chi connectivity index (χ3n) is 4.73. The number of rotatable bonds is 7. The van der Waals surface area contributed by atoms with E-state index in [1.807, 2.05) is 29.2 Å². The number of halogens is 3. The van der Waals surface area contributed by atoms with Gasteiger partial charge >= 0.3 is 6.36 Å². The number of carbonyl (C=O) groups excluding carboxylic acids is 1. The number of nitrogens with one attached hydrogen (secondary N) is 1. The quantitative estimate of drug-likeness (QED) is 0.757. The van der Waals surface area contributed by atoms with Crippen molar-refractivity contribution in [3.05, 3.63) is 59.2 Å². The zero-order chi connectivity index (χ0) is 20.9. The van der Waals surface area contributed by atoms with Gasteiger partial charge in [0, 0.05) is 25.9 Å². The summed E-state index contributed by atoms with van der Waals surface area (Å²) in [4.78, 5) is 14.3. The van der Waals surface area contributed by atoms with E-state index in [1.165, 1.54) is 12.1 Å². The molecule has 1 heterocycles. The van der Waals surface area contributed by atoms with Crippen LogP contribution in [-0.4, -0.2) is 32.5 Å². The second kappa shape index (κ2) is 9.17. The summed E-state index contributed by atoms with van der Waals surface area (Å²) in [7, 11) is 1.62. The molecule has 2 aromatic carbocycles. The highest BCUT2D eigenvalue weighted by atomic mass is 19.4. The summed E-state index contributed by atoms with van der Waals surface area (Å²) in [5, 5.41) is 2.91. The van der Waals surface area contributed by atoms with Gasteiger partial charge in [-0.2, -0.15) is 0 Å². The predicted octanol–water partition coefficient (Wildman–Crippen LogP) is 3.80. The van der Waals surface area contributed by atoms with Crippen molar-refractivity contribution in [2.75, 3.05) is 25.1 Å². The van der Waals surface area contributed by atoms with Crippen molar-refractivity contribution in [2.24, 2.45) is 0 Å². The number of hydrogen-bond acceptors (Lipinski definition) is 4. The number of nitrogens with zero attached hydrogens (tertiary/aromatic N) is 1. The first-order valence-corrected chi connectivity index (χ1v) is 9.32. The first-order valence-electron chi connectivity index (χ1n) is 9.32. The van der Waals surface area contributed by atoms with Crippen molar-refractivity contribution in [3.63, 3.8) is 0 Å². The summed E-state index contributed by atoms with van der Waals surface area (Å²) in [6.45, 7) is 1.66. The summed E-state index contributed by atoms with van der Waals surface area (Å²) in [5.41, 5.74) is 3.50. The van der Waals surface area contributed by atoms with Gasteiger partial charge in [0.2, 0.25) is 5.91 Å². The molecular weight excluding hydrogens is 385 g/mol. The minimum atomic E-state index is -4.72. The largest absolute Gasteiger partial charge is 0.573 e. The van der Waals surface area contributed by atoms with Crippen LogP contribution in [0.1, 0.15) is 23.1 Å². The Morgan fingerprint density at radius 1 is 1.17 bits per heavy atom. The minimum absolute atomic E-state index is 0.138. The minimum Gasteiger partial charge on any atom is -0.406 e. The molecule has 0 aromatic heterocycles. The van der Waals surface area contributed by atoms with Crippen LogP contribution in [-0.2, 0) is 29.1 Å². The maximum absolute atomic E-state index is 12.5. The molecule has 0 saturated heterocycles. The monoisotopic (exact) mass is 408 g/mol. The molecule has 0 saturated carbocycles. The molecule has 0 unspecified atom stereocenters. The van der Waals surface area contributed by atoms with Crippen LogP contribution < -0.4 is 15.0 Å². The Kier molecular flexibility index (Phi) is 6.64. The average Bonchev–Trinajstić information content (AvgIpc) is 2.66. The third kappa shape index (κ3) is 5.87. The van der Waals surface area contributed by atoms with Crippen LogP contribution in [0, 0.1) is 0 Å². The molecule has 1 N–H and O–H groups in total. The molecule has 0 bridgehead atoms. The van der Waals surface area contributed by atoms with Crippen molar-refractivity contribution in [2.45, 2.75) is 32.4 Å². The Morgan fingerprint density at radius 2 is 1.93 bits per heavy atom. The maximum atomic E-state index is 12.5. The number of ether oxygens (including phenoxy) is 2. The van der Waals surface area contributed by atoms with E-state index >= 15 is 0 Å². The number of anilines is 1. The molecule has 29 heavy (non-hydrogen) atoms. The molecule has 0 radical (unpaired) electrons. The number of carbonyl (C=O) groups is 1. The fraction of sp³-hybridized carbons (Fsp3) is 0.381. The average molecular weight is 408 g/mol. The third-order valence-corrected chi connectivity index (χ3v) is 4.73. The predicted molar refractivity (Wildman–Crippen MR) is 103 cm³/mol. The molecule has 0 spiro atoms. The molecule has 1 amide bonds. The van der Waals surface area contributed by atoms with Gasteiger partial charge in [-0.1, -0.05) is 24.3 Å². The molecule has 156 valence electrons. The second-order valence-electron chi connectivity index (χ2n) is 6.84. The fourth-order valence-electron chi connectivity index (χ4n) is 3.46. The van der Waals surface area contributed by atoms with Crippen molar-refractivity contribution in [1.82, 2.24) is 5.32 Å². The molecule has 1 aliphatic heterocycles. The van der Waals surface area contributed by atoms with Crippen molar-refractivity contribution >= 4 is 11.6 Å². The lowest BCUT2D eigenvalue weighted by Gasteiger charge is -2.31. The molecule has 3 rings (SSSR count). The Bertz CT molecular complexity index is 855. The van der Waals surface area contributed by atoms with E-state index in [2.05, 4.69) is 10.1 Å². The summed E-state index contributed by atoms with van der Waals surface area (Å²) < 4.78 is 46.5. The summed E-state index contributed by atoms with van der Waals surface area (Å²) in [6, 6.07) is 12.0. The van der Waals surface area contributed by atoms with Crippen LogP contribution in [0.3, 0.4) is 0 Å². The number of hydrogen-bond donors (Lipinski definition) is 1. The van der Waals surface area contributed by atoms with Gasteiger partial charge in [0.05, 0.1) is 13.2 Å². The van der Waals surface area contributed by atoms with Crippen LogP contribution in [0.4, 0.5) is 18.9 Å². The van der Waals surface area contributed by atoms with E-state index in [1.54, 1.807) is 13.2 Å². The molecule has 0 atom stereocenters. The van der Waals surface area contributed by atoms with Gasteiger partial charge in [0.1, 0.15) is 5.75 Å². The SMILES string of the molecule is COCc1ccccc1CNC(=O)CN1CCCc2cc(OC(F)(F)F)ccc21. The highest BCUT2D eigenvalue weighted by Gasteiger charge is 2.31. The van der Waals surface area contributed by atoms with Crippen molar-refractivity contribution in [3.8, 4) is 5.75 Å². The highest BCUT2D eigenvalue weighted by Crippen LogP contribution is 2.32. The first-order chi connectivity index (χ1) is 13.9. The lowest BCUT2D eigenvalue weighted by atomic mass is 10.0. The lowest BCUT2D eigenvalue weighted by molar-refractivity contribution is -0.274. The van der Waals surface area contributed by atoms with E-state index in [-0.39, 0.29) is 18.2 Å². The van der Waals surface area contributed by atoms with Crippen LogP contribution in [0.25, 0.3) is 0 Å². The summed E-state index contributed by atoms with van der Waals surface area (Å²) in [6.07, 6.45) is -3.32. The smallest absolute Gasteiger partial charge is 0.406 e. The molecule has 5 nitrogen and oxygen atoms in total. The van der Waals surface area contributed by atoms with Gasteiger partial charge in [0.15, 0.2) is 0 Å². The van der Waals surface area contributed by atoms with Gasteiger partial charge in [-0.05, 0) is 47.7 Å². The Hall–Kier alpha value is -2.74. The maximum Gasteiger partial charge on any atom is 0.573 e. The summed E-state index contributed by atoms with van der Waals surface area (Å²) >= 11 is 0. The summed E-state index contributed by atoms with van der Waals surface area (Å²) in [5.74, 6) is -0.391. The second-order valence-corrected chi connectivity index (χ2v) is 6.84. The highest BCUT2D eigenvalue weighted by molar-refractivity contribution is 5.82. The van der Waals surface area contributed by atoms with Crippen LogP contribution in [0.2, 0.25) is 0 Å².